The number of imide groups is 1. The molecule has 2 heterocycles. The van der Waals surface area contributed by atoms with E-state index in [4.69, 9.17) is 14.4 Å². The number of hydroxylamine groups is 2. The van der Waals surface area contributed by atoms with Gasteiger partial charge in [0.2, 0.25) is 0 Å². The van der Waals surface area contributed by atoms with Gasteiger partial charge in [0.1, 0.15) is 5.60 Å². The fraction of sp³-hybridized carbons (Fsp3) is 0.389. The highest BCUT2D eigenvalue weighted by Crippen LogP contribution is 2.23. The molecule has 0 aromatic heterocycles. The topological polar surface area (TPSA) is 124 Å². The molecular formula is C18H19N3O7. The Kier molecular flexibility index (Phi) is 5.04. The second-order valence-corrected chi connectivity index (χ2v) is 7.18. The average molecular weight is 389 g/mol. The summed E-state index contributed by atoms with van der Waals surface area (Å²) in [6, 6.07) is 6.15. The molecule has 28 heavy (non-hydrogen) atoms. The van der Waals surface area contributed by atoms with E-state index in [9.17, 15) is 19.2 Å². The maximum absolute atomic E-state index is 12.2. The number of hydrogen-bond acceptors (Lipinski definition) is 8. The monoisotopic (exact) mass is 389 g/mol. The van der Waals surface area contributed by atoms with Crippen molar-refractivity contribution in [3.63, 3.8) is 0 Å². The molecule has 0 radical (unpaired) electrons. The SMILES string of the molecule is CC(C)(C)OC(=O)NCC1CC(C(=O)ON2C(=O)c3ccccc3C2=O)=NO1. The zero-order valence-electron chi connectivity index (χ0n) is 15.6. The van der Waals surface area contributed by atoms with Gasteiger partial charge in [-0.25, -0.2) is 9.59 Å². The average Bonchev–Trinajstić information content (AvgIpc) is 3.18. The molecule has 0 aliphatic carbocycles. The number of carbonyl (C=O) groups excluding carboxylic acids is 4. The summed E-state index contributed by atoms with van der Waals surface area (Å²) < 4.78 is 5.10. The van der Waals surface area contributed by atoms with Crippen LogP contribution in [-0.2, 0) is 19.2 Å². The van der Waals surface area contributed by atoms with Crippen LogP contribution in [0.3, 0.4) is 0 Å². The molecule has 0 spiro atoms. The number of rotatable bonds is 4. The zero-order chi connectivity index (χ0) is 20.5. The molecule has 0 fully saturated rings. The van der Waals surface area contributed by atoms with E-state index in [2.05, 4.69) is 10.5 Å². The summed E-state index contributed by atoms with van der Waals surface area (Å²) in [5.74, 6) is -2.43. The number of fused-ring (bicyclic) bond motifs is 1. The highest BCUT2D eigenvalue weighted by atomic mass is 16.7. The van der Waals surface area contributed by atoms with Crippen molar-refractivity contribution in [3.05, 3.63) is 35.4 Å². The number of nitrogens with one attached hydrogen (secondary N) is 1. The fourth-order valence-electron chi connectivity index (χ4n) is 2.56. The van der Waals surface area contributed by atoms with E-state index in [1.54, 1.807) is 32.9 Å². The third-order valence-corrected chi connectivity index (χ3v) is 3.77. The summed E-state index contributed by atoms with van der Waals surface area (Å²) in [6.07, 6.45) is -1.19. The fourth-order valence-corrected chi connectivity index (χ4v) is 2.56. The van der Waals surface area contributed by atoms with Crippen molar-refractivity contribution in [2.45, 2.75) is 38.9 Å². The van der Waals surface area contributed by atoms with E-state index < -0.39 is 35.6 Å². The second kappa shape index (κ2) is 7.29. The number of nitrogens with zero attached hydrogens (tertiary/aromatic N) is 2. The van der Waals surface area contributed by atoms with Crippen molar-refractivity contribution in [1.82, 2.24) is 10.4 Å². The highest BCUT2D eigenvalue weighted by molar-refractivity contribution is 6.37. The van der Waals surface area contributed by atoms with Crippen LogP contribution in [-0.4, -0.2) is 52.9 Å². The maximum atomic E-state index is 12.2. The van der Waals surface area contributed by atoms with Gasteiger partial charge in [-0.2, -0.15) is 0 Å². The summed E-state index contributed by atoms with van der Waals surface area (Å²) in [5, 5.41) is 6.53. The first-order chi connectivity index (χ1) is 13.2. The van der Waals surface area contributed by atoms with Crippen molar-refractivity contribution in [2.75, 3.05) is 6.54 Å². The number of benzene rings is 1. The summed E-state index contributed by atoms with van der Waals surface area (Å²) in [6.45, 7) is 5.25. The third kappa shape index (κ3) is 4.11. The normalized spacial score (nSPS) is 18.3. The Hall–Kier alpha value is -3.43. The Morgan fingerprint density at radius 3 is 2.39 bits per heavy atom. The molecule has 1 unspecified atom stereocenters. The molecule has 0 bridgehead atoms. The smallest absolute Gasteiger partial charge is 0.407 e. The van der Waals surface area contributed by atoms with Gasteiger partial charge in [0.15, 0.2) is 11.8 Å². The first kappa shape index (κ1) is 19.3. The van der Waals surface area contributed by atoms with Gasteiger partial charge >= 0.3 is 12.1 Å². The second-order valence-electron chi connectivity index (χ2n) is 7.18. The first-order valence-electron chi connectivity index (χ1n) is 8.55. The van der Waals surface area contributed by atoms with Gasteiger partial charge in [-0.3, -0.25) is 9.59 Å². The molecule has 0 saturated carbocycles. The van der Waals surface area contributed by atoms with Gasteiger partial charge in [0.05, 0.1) is 17.7 Å². The molecule has 2 aliphatic heterocycles. The Morgan fingerprint density at radius 2 is 1.82 bits per heavy atom. The summed E-state index contributed by atoms with van der Waals surface area (Å²) >= 11 is 0. The molecule has 3 rings (SSSR count). The Labute approximate surface area is 160 Å². The van der Waals surface area contributed by atoms with Crippen LogP contribution in [0.15, 0.2) is 29.4 Å². The van der Waals surface area contributed by atoms with Crippen LogP contribution in [0.1, 0.15) is 47.9 Å². The quantitative estimate of drug-likeness (QED) is 0.772. The molecule has 1 aromatic carbocycles. The third-order valence-electron chi connectivity index (χ3n) is 3.77. The van der Waals surface area contributed by atoms with E-state index in [0.29, 0.717) is 5.06 Å². The lowest BCUT2D eigenvalue weighted by Gasteiger charge is -2.20. The van der Waals surface area contributed by atoms with Crippen LogP contribution < -0.4 is 5.32 Å². The number of alkyl carbamates (subject to hydrolysis) is 1. The lowest BCUT2D eigenvalue weighted by atomic mass is 10.1. The molecule has 10 heteroatoms. The van der Waals surface area contributed by atoms with Gasteiger partial charge in [0, 0.05) is 6.42 Å². The standard InChI is InChI=1S/C18H19N3O7/c1-18(2,3)26-17(25)19-9-10-8-13(20-27-10)16(24)28-21-14(22)11-6-4-5-7-12(11)15(21)23/h4-7,10H,8-9H2,1-3H3,(H,19,25). The van der Waals surface area contributed by atoms with Crippen molar-refractivity contribution in [3.8, 4) is 0 Å². The van der Waals surface area contributed by atoms with Gasteiger partial charge in [0.25, 0.3) is 11.8 Å². The molecule has 1 atom stereocenters. The zero-order valence-corrected chi connectivity index (χ0v) is 15.6. The summed E-state index contributed by atoms with van der Waals surface area (Å²) in [7, 11) is 0. The molecule has 0 saturated heterocycles. The van der Waals surface area contributed by atoms with Gasteiger partial charge < -0.3 is 19.7 Å². The number of amides is 3. The number of ether oxygens (including phenoxy) is 1. The highest BCUT2D eigenvalue weighted by Gasteiger charge is 2.40. The van der Waals surface area contributed by atoms with Crippen LogP contribution in [0, 0.1) is 0 Å². The number of hydrogen-bond donors (Lipinski definition) is 1. The van der Waals surface area contributed by atoms with Crippen molar-refractivity contribution in [2.24, 2.45) is 5.16 Å². The first-order valence-corrected chi connectivity index (χ1v) is 8.55. The van der Waals surface area contributed by atoms with E-state index in [1.165, 1.54) is 12.1 Å². The number of oxime groups is 1. The molecule has 10 nitrogen and oxygen atoms in total. The van der Waals surface area contributed by atoms with Crippen LogP contribution in [0.4, 0.5) is 4.79 Å². The Balaban J connectivity index is 1.51. The lowest BCUT2D eigenvalue weighted by Crippen LogP contribution is -2.38. The van der Waals surface area contributed by atoms with Gasteiger partial charge in [-0.1, -0.05) is 22.4 Å². The minimum Gasteiger partial charge on any atom is -0.444 e. The predicted molar refractivity (Wildman–Crippen MR) is 94.2 cm³/mol. The minimum absolute atomic E-state index is 0.0395. The molecule has 1 N–H and O–H groups in total. The van der Waals surface area contributed by atoms with Crippen LogP contribution in [0.5, 0.6) is 0 Å². The van der Waals surface area contributed by atoms with E-state index in [0.717, 1.165) is 0 Å². The van der Waals surface area contributed by atoms with Crippen LogP contribution >= 0.6 is 0 Å². The van der Waals surface area contributed by atoms with E-state index >= 15 is 0 Å². The summed E-state index contributed by atoms with van der Waals surface area (Å²) in [5.41, 5.74) is -0.431. The molecular weight excluding hydrogens is 370 g/mol. The molecule has 2 aliphatic rings. The molecule has 1 aromatic rings. The Morgan fingerprint density at radius 1 is 1.21 bits per heavy atom. The molecule has 3 amide bonds. The van der Waals surface area contributed by atoms with E-state index in [-0.39, 0.29) is 29.8 Å². The van der Waals surface area contributed by atoms with E-state index in [1.807, 2.05) is 0 Å². The Bertz CT molecular complexity index is 837. The van der Waals surface area contributed by atoms with Crippen molar-refractivity contribution in [1.29, 1.82) is 0 Å². The predicted octanol–water partition coefficient (Wildman–Crippen LogP) is 1.41. The van der Waals surface area contributed by atoms with Gasteiger partial charge in [-0.05, 0) is 32.9 Å². The lowest BCUT2D eigenvalue weighted by molar-refractivity contribution is -0.159. The van der Waals surface area contributed by atoms with Gasteiger partial charge in [-0.15, -0.1) is 0 Å². The summed E-state index contributed by atoms with van der Waals surface area (Å²) in [4.78, 5) is 58.3. The minimum atomic E-state index is -0.978. The number of carbonyl (C=O) groups is 4. The van der Waals surface area contributed by atoms with Crippen LogP contribution in [0.25, 0.3) is 0 Å². The maximum Gasteiger partial charge on any atom is 0.407 e. The largest absolute Gasteiger partial charge is 0.444 e. The van der Waals surface area contributed by atoms with Crippen molar-refractivity contribution < 1.29 is 33.6 Å². The molecule has 148 valence electrons. The van der Waals surface area contributed by atoms with Crippen LogP contribution in [0.2, 0.25) is 0 Å². The van der Waals surface area contributed by atoms with Crippen molar-refractivity contribution >= 4 is 29.6 Å².